The maximum atomic E-state index is 12.0. The molecule has 1 saturated heterocycles. The number of benzene rings is 1. The zero-order chi connectivity index (χ0) is 15.2. The number of nitrogens with zero attached hydrogens (tertiary/aromatic N) is 1. The van der Waals surface area contributed by atoms with Crippen LogP contribution in [0.3, 0.4) is 0 Å². The van der Waals surface area contributed by atoms with Gasteiger partial charge in [-0.1, -0.05) is 0 Å². The van der Waals surface area contributed by atoms with Crippen molar-refractivity contribution in [3.63, 3.8) is 0 Å². The first-order valence-corrected chi connectivity index (χ1v) is 6.93. The fourth-order valence-electron chi connectivity index (χ4n) is 2.44. The normalized spacial score (nSPS) is 15.5. The zero-order valence-corrected chi connectivity index (χ0v) is 11.9. The number of hydrogen-bond acceptors (Lipinski definition) is 5. The largest absolute Gasteiger partial charge is 0.496 e. The van der Waals surface area contributed by atoms with Crippen LogP contribution in [0.5, 0.6) is 5.75 Å². The summed E-state index contributed by atoms with van der Waals surface area (Å²) in [6, 6.07) is 4.39. The minimum absolute atomic E-state index is 0.159. The molecule has 0 aliphatic carbocycles. The molecule has 1 heterocycles. The molecule has 0 unspecified atom stereocenters. The van der Waals surface area contributed by atoms with Crippen molar-refractivity contribution in [2.45, 2.75) is 19.3 Å². The monoisotopic (exact) mass is 293 g/mol. The highest BCUT2D eigenvalue weighted by Crippen LogP contribution is 2.29. The van der Waals surface area contributed by atoms with Crippen LogP contribution in [0.1, 0.15) is 19.3 Å². The molecular weight excluding hydrogens is 274 g/mol. The molecule has 0 bridgehead atoms. The second kappa shape index (κ2) is 7.03. The Morgan fingerprint density at radius 3 is 2.81 bits per heavy atom. The number of hydrogen-bond donors (Lipinski definition) is 2. The van der Waals surface area contributed by atoms with Crippen molar-refractivity contribution in [1.29, 1.82) is 0 Å². The predicted molar refractivity (Wildman–Crippen MR) is 78.5 cm³/mol. The molecule has 0 atom stereocenters. The maximum Gasteiger partial charge on any atom is 0.296 e. The van der Waals surface area contributed by atoms with Crippen molar-refractivity contribution < 1.29 is 14.5 Å². The number of nitro benzene ring substituents is 1. The van der Waals surface area contributed by atoms with E-state index in [1.54, 1.807) is 6.07 Å². The van der Waals surface area contributed by atoms with Gasteiger partial charge >= 0.3 is 0 Å². The molecule has 0 saturated carbocycles. The Morgan fingerprint density at radius 2 is 2.19 bits per heavy atom. The lowest BCUT2D eigenvalue weighted by Gasteiger charge is -2.21. The van der Waals surface area contributed by atoms with E-state index >= 15 is 0 Å². The molecule has 21 heavy (non-hydrogen) atoms. The van der Waals surface area contributed by atoms with Crippen molar-refractivity contribution in [3.8, 4) is 5.75 Å². The Balaban J connectivity index is 2.04. The number of anilines is 1. The Kier molecular flexibility index (Phi) is 5.10. The second-order valence-corrected chi connectivity index (χ2v) is 5.09. The number of amides is 1. The van der Waals surface area contributed by atoms with E-state index < -0.39 is 4.92 Å². The molecule has 1 aromatic carbocycles. The van der Waals surface area contributed by atoms with E-state index in [1.807, 2.05) is 0 Å². The third-order valence-electron chi connectivity index (χ3n) is 3.61. The minimum Gasteiger partial charge on any atom is -0.496 e. The molecule has 2 N–H and O–H groups in total. The minimum atomic E-state index is -0.525. The van der Waals surface area contributed by atoms with Crippen LogP contribution in [0.4, 0.5) is 11.4 Å². The van der Waals surface area contributed by atoms with Gasteiger partial charge < -0.3 is 15.4 Å². The molecular formula is C14H19N3O4. The first kappa shape index (κ1) is 15.2. The molecule has 114 valence electrons. The van der Waals surface area contributed by atoms with Gasteiger partial charge in [0.25, 0.3) is 5.69 Å². The zero-order valence-electron chi connectivity index (χ0n) is 11.9. The Bertz CT molecular complexity index is 527. The van der Waals surface area contributed by atoms with E-state index in [1.165, 1.54) is 19.2 Å². The summed E-state index contributed by atoms with van der Waals surface area (Å²) < 4.78 is 4.96. The highest BCUT2D eigenvalue weighted by Gasteiger charge is 2.20. The average molecular weight is 293 g/mol. The van der Waals surface area contributed by atoms with Gasteiger partial charge in [0, 0.05) is 6.42 Å². The van der Waals surface area contributed by atoms with Gasteiger partial charge in [-0.05, 0) is 44.0 Å². The van der Waals surface area contributed by atoms with E-state index in [9.17, 15) is 14.9 Å². The lowest BCUT2D eigenvalue weighted by molar-refractivity contribution is -0.384. The summed E-state index contributed by atoms with van der Waals surface area (Å²) in [5.41, 5.74) is 0.0488. The lowest BCUT2D eigenvalue weighted by atomic mass is 9.94. The molecule has 1 aliphatic rings. The number of rotatable bonds is 5. The van der Waals surface area contributed by atoms with E-state index in [2.05, 4.69) is 10.6 Å². The molecule has 0 spiro atoms. The summed E-state index contributed by atoms with van der Waals surface area (Å²) in [6.07, 6.45) is 2.31. The molecule has 7 nitrogen and oxygen atoms in total. The van der Waals surface area contributed by atoms with Crippen LogP contribution in [0, 0.1) is 16.0 Å². The van der Waals surface area contributed by atoms with Gasteiger partial charge in [-0.3, -0.25) is 14.9 Å². The highest BCUT2D eigenvalue weighted by molar-refractivity contribution is 5.93. The summed E-state index contributed by atoms with van der Waals surface area (Å²) in [4.78, 5) is 22.6. The number of ether oxygens (including phenoxy) is 1. The number of nitro groups is 1. The second-order valence-electron chi connectivity index (χ2n) is 5.09. The number of carbonyl (C=O) groups is 1. The topological polar surface area (TPSA) is 93.5 Å². The van der Waals surface area contributed by atoms with Crippen LogP contribution in [-0.4, -0.2) is 31.0 Å². The smallest absolute Gasteiger partial charge is 0.296 e. The highest BCUT2D eigenvalue weighted by atomic mass is 16.6. The van der Waals surface area contributed by atoms with E-state index in [0.717, 1.165) is 25.9 Å². The fraction of sp³-hybridized carbons (Fsp3) is 0.500. The van der Waals surface area contributed by atoms with Crippen molar-refractivity contribution in [3.05, 3.63) is 28.3 Å². The van der Waals surface area contributed by atoms with Gasteiger partial charge in [0.1, 0.15) is 11.4 Å². The van der Waals surface area contributed by atoms with Gasteiger partial charge in [0.05, 0.1) is 18.1 Å². The summed E-state index contributed by atoms with van der Waals surface area (Å²) in [5.74, 6) is 0.539. The van der Waals surface area contributed by atoms with Crippen LogP contribution in [-0.2, 0) is 4.79 Å². The SMILES string of the molecule is COc1ccc(NC(=O)CC2CCNCC2)c([N+](=O)[O-])c1. The molecule has 0 radical (unpaired) electrons. The molecule has 2 rings (SSSR count). The van der Waals surface area contributed by atoms with Crippen molar-refractivity contribution >= 4 is 17.3 Å². The van der Waals surface area contributed by atoms with Crippen molar-refractivity contribution in [2.75, 3.05) is 25.5 Å². The number of carbonyl (C=O) groups excluding carboxylic acids is 1. The standard InChI is InChI=1S/C14H19N3O4/c1-21-11-2-3-12(13(9-11)17(19)20)16-14(18)8-10-4-6-15-7-5-10/h2-3,9-10,15H,4-8H2,1H3,(H,16,18). The fourth-order valence-corrected chi connectivity index (χ4v) is 2.44. The lowest BCUT2D eigenvalue weighted by Crippen LogP contribution is -2.30. The van der Waals surface area contributed by atoms with E-state index in [0.29, 0.717) is 18.1 Å². The van der Waals surface area contributed by atoms with E-state index in [4.69, 9.17) is 4.74 Å². The van der Waals surface area contributed by atoms with Gasteiger partial charge in [0.15, 0.2) is 0 Å². The summed E-state index contributed by atoms with van der Waals surface area (Å²) in [7, 11) is 1.44. The Hall–Kier alpha value is -2.15. The number of methoxy groups -OCH3 is 1. The molecule has 1 amide bonds. The Labute approximate surface area is 122 Å². The Morgan fingerprint density at radius 1 is 1.48 bits per heavy atom. The van der Waals surface area contributed by atoms with Crippen molar-refractivity contribution in [2.24, 2.45) is 5.92 Å². The summed E-state index contributed by atoms with van der Waals surface area (Å²) in [6.45, 7) is 1.83. The van der Waals surface area contributed by atoms with Gasteiger partial charge in [-0.2, -0.15) is 0 Å². The average Bonchev–Trinajstić information content (AvgIpc) is 2.48. The van der Waals surface area contributed by atoms with Crippen LogP contribution >= 0.6 is 0 Å². The van der Waals surface area contributed by atoms with Crippen LogP contribution in [0.25, 0.3) is 0 Å². The van der Waals surface area contributed by atoms with Gasteiger partial charge in [0.2, 0.25) is 5.91 Å². The predicted octanol–water partition coefficient (Wildman–Crippen LogP) is 1.93. The van der Waals surface area contributed by atoms with Gasteiger partial charge in [-0.25, -0.2) is 0 Å². The third kappa shape index (κ3) is 4.16. The van der Waals surface area contributed by atoms with E-state index in [-0.39, 0.29) is 17.3 Å². The molecule has 7 heteroatoms. The molecule has 0 aromatic heterocycles. The first-order chi connectivity index (χ1) is 10.1. The molecule has 1 aliphatic heterocycles. The maximum absolute atomic E-state index is 12.0. The van der Waals surface area contributed by atoms with Gasteiger partial charge in [-0.15, -0.1) is 0 Å². The quantitative estimate of drug-likeness (QED) is 0.639. The van der Waals surface area contributed by atoms with Crippen LogP contribution < -0.4 is 15.4 Å². The summed E-state index contributed by atoms with van der Waals surface area (Å²) >= 11 is 0. The number of nitrogens with one attached hydrogen (secondary N) is 2. The first-order valence-electron chi connectivity index (χ1n) is 6.93. The molecule has 1 fully saturated rings. The van der Waals surface area contributed by atoms with Crippen LogP contribution in [0.15, 0.2) is 18.2 Å². The van der Waals surface area contributed by atoms with Crippen LogP contribution in [0.2, 0.25) is 0 Å². The molecule has 1 aromatic rings. The summed E-state index contributed by atoms with van der Waals surface area (Å²) in [5, 5.41) is 16.9. The van der Waals surface area contributed by atoms with Crippen molar-refractivity contribution in [1.82, 2.24) is 5.32 Å². The third-order valence-corrected chi connectivity index (χ3v) is 3.61. The number of piperidine rings is 1.